The minimum atomic E-state index is -0.361. The Balaban J connectivity index is 1.59. The molecule has 2 aromatic carbocycles. The Morgan fingerprint density at radius 2 is 1.84 bits per heavy atom. The highest BCUT2D eigenvalue weighted by molar-refractivity contribution is 6.33. The van der Waals surface area contributed by atoms with Crippen LogP contribution in [0.5, 0.6) is 0 Å². The van der Waals surface area contributed by atoms with Gasteiger partial charge in [0.2, 0.25) is 5.91 Å². The van der Waals surface area contributed by atoms with E-state index in [-0.39, 0.29) is 24.0 Å². The molecule has 0 radical (unpaired) electrons. The van der Waals surface area contributed by atoms with Gasteiger partial charge in [0.25, 0.3) is 0 Å². The average molecular weight is 358 g/mol. The molecule has 0 spiro atoms. The number of hydrogen-bond acceptors (Lipinski definition) is 2. The molecule has 0 saturated carbocycles. The summed E-state index contributed by atoms with van der Waals surface area (Å²) >= 11 is 6.04. The van der Waals surface area contributed by atoms with Gasteiger partial charge in [-0.2, -0.15) is 0 Å². The van der Waals surface area contributed by atoms with Crippen LogP contribution in [0, 0.1) is 0 Å². The number of rotatable bonds is 4. The highest BCUT2D eigenvalue weighted by Crippen LogP contribution is 2.26. The maximum absolute atomic E-state index is 12.3. The molecule has 25 heavy (non-hydrogen) atoms. The molecule has 130 valence electrons. The molecule has 2 atom stereocenters. The molecule has 2 unspecified atom stereocenters. The molecule has 5 nitrogen and oxygen atoms in total. The fourth-order valence-corrected chi connectivity index (χ4v) is 3.20. The van der Waals surface area contributed by atoms with Crippen LogP contribution in [-0.2, 0) is 4.79 Å². The fraction of sp³-hybridized carbons (Fsp3) is 0.263. The average Bonchev–Trinajstić information content (AvgIpc) is 2.97. The van der Waals surface area contributed by atoms with Crippen molar-refractivity contribution in [1.29, 1.82) is 0 Å². The van der Waals surface area contributed by atoms with Crippen LogP contribution in [0.15, 0.2) is 54.6 Å². The van der Waals surface area contributed by atoms with Crippen LogP contribution in [0.3, 0.4) is 0 Å². The number of carbonyl (C=O) groups excluding carboxylic acids is 2. The van der Waals surface area contributed by atoms with Crippen LogP contribution >= 0.6 is 11.6 Å². The number of nitrogens with zero attached hydrogens (tertiary/aromatic N) is 1. The standard InChI is InChI=1S/C19H20ClN3O2/c1-13(14-7-3-2-4-8-14)23-12-15(11-18(23)24)21-19(25)22-17-10-6-5-9-16(17)20/h2-10,13,15H,11-12H2,1H3,(H2,21,22,25). The third-order valence-electron chi connectivity index (χ3n) is 4.37. The quantitative estimate of drug-likeness (QED) is 0.873. The van der Waals surface area contributed by atoms with Gasteiger partial charge < -0.3 is 15.5 Å². The topological polar surface area (TPSA) is 61.4 Å². The van der Waals surface area contributed by atoms with E-state index in [4.69, 9.17) is 11.6 Å². The first-order chi connectivity index (χ1) is 12.0. The number of para-hydroxylation sites is 1. The van der Waals surface area contributed by atoms with E-state index in [9.17, 15) is 9.59 Å². The van der Waals surface area contributed by atoms with E-state index in [1.54, 1.807) is 29.2 Å². The summed E-state index contributed by atoms with van der Waals surface area (Å²) in [5.74, 6) is 0.0411. The number of likely N-dealkylation sites (tertiary alicyclic amines) is 1. The highest BCUT2D eigenvalue weighted by Gasteiger charge is 2.33. The zero-order chi connectivity index (χ0) is 17.8. The molecule has 1 aliphatic heterocycles. The SMILES string of the molecule is CC(c1ccccc1)N1CC(NC(=O)Nc2ccccc2Cl)CC1=O. The lowest BCUT2D eigenvalue weighted by atomic mass is 10.1. The zero-order valence-electron chi connectivity index (χ0n) is 13.9. The summed E-state index contributed by atoms with van der Waals surface area (Å²) in [7, 11) is 0. The molecule has 0 aliphatic carbocycles. The van der Waals surface area contributed by atoms with Crippen LogP contribution in [-0.4, -0.2) is 29.4 Å². The first kappa shape index (κ1) is 17.3. The Morgan fingerprint density at radius 1 is 1.16 bits per heavy atom. The Labute approximate surface area is 152 Å². The van der Waals surface area contributed by atoms with E-state index in [0.29, 0.717) is 23.7 Å². The number of urea groups is 1. The van der Waals surface area contributed by atoms with E-state index in [1.165, 1.54) is 0 Å². The Hall–Kier alpha value is -2.53. The largest absolute Gasteiger partial charge is 0.334 e. The van der Waals surface area contributed by atoms with E-state index in [1.807, 2.05) is 37.3 Å². The van der Waals surface area contributed by atoms with Crippen molar-refractivity contribution in [2.45, 2.75) is 25.4 Å². The van der Waals surface area contributed by atoms with Crippen molar-refractivity contribution in [3.05, 3.63) is 65.2 Å². The number of anilines is 1. The Morgan fingerprint density at radius 3 is 2.56 bits per heavy atom. The molecule has 6 heteroatoms. The van der Waals surface area contributed by atoms with Gasteiger partial charge in [0.05, 0.1) is 22.8 Å². The van der Waals surface area contributed by atoms with Gasteiger partial charge in [-0.1, -0.05) is 54.1 Å². The van der Waals surface area contributed by atoms with Crippen molar-refractivity contribution in [1.82, 2.24) is 10.2 Å². The second-order valence-electron chi connectivity index (χ2n) is 6.11. The molecule has 3 rings (SSSR count). The molecule has 0 aromatic heterocycles. The summed E-state index contributed by atoms with van der Waals surface area (Å²) in [4.78, 5) is 26.3. The van der Waals surface area contributed by atoms with E-state index in [0.717, 1.165) is 5.56 Å². The molecule has 1 saturated heterocycles. The first-order valence-electron chi connectivity index (χ1n) is 8.21. The summed E-state index contributed by atoms with van der Waals surface area (Å²) in [6.45, 7) is 2.49. The number of hydrogen-bond donors (Lipinski definition) is 2. The molecular formula is C19H20ClN3O2. The first-order valence-corrected chi connectivity index (χ1v) is 8.59. The van der Waals surface area contributed by atoms with Gasteiger partial charge in [0.15, 0.2) is 0 Å². The van der Waals surface area contributed by atoms with Crippen molar-refractivity contribution in [3.8, 4) is 0 Å². The minimum absolute atomic E-state index is 0.0212. The summed E-state index contributed by atoms with van der Waals surface area (Å²) < 4.78 is 0. The van der Waals surface area contributed by atoms with Crippen molar-refractivity contribution >= 4 is 29.2 Å². The second kappa shape index (κ2) is 7.57. The molecule has 1 heterocycles. The van der Waals surface area contributed by atoms with Crippen LogP contribution in [0.2, 0.25) is 5.02 Å². The predicted molar refractivity (Wildman–Crippen MR) is 98.6 cm³/mol. The van der Waals surface area contributed by atoms with Gasteiger partial charge in [-0.05, 0) is 24.6 Å². The number of amides is 3. The third-order valence-corrected chi connectivity index (χ3v) is 4.69. The number of benzene rings is 2. The lowest BCUT2D eigenvalue weighted by Crippen LogP contribution is -2.40. The fourth-order valence-electron chi connectivity index (χ4n) is 3.02. The zero-order valence-corrected chi connectivity index (χ0v) is 14.7. The molecule has 2 N–H and O–H groups in total. The Bertz CT molecular complexity index is 766. The van der Waals surface area contributed by atoms with Crippen LogP contribution in [0.1, 0.15) is 24.9 Å². The maximum Gasteiger partial charge on any atom is 0.319 e. The van der Waals surface area contributed by atoms with Crippen LogP contribution < -0.4 is 10.6 Å². The molecular weight excluding hydrogens is 338 g/mol. The second-order valence-corrected chi connectivity index (χ2v) is 6.52. The lowest BCUT2D eigenvalue weighted by molar-refractivity contribution is -0.129. The van der Waals surface area contributed by atoms with E-state index >= 15 is 0 Å². The van der Waals surface area contributed by atoms with Crippen molar-refractivity contribution in [2.24, 2.45) is 0 Å². The van der Waals surface area contributed by atoms with Gasteiger partial charge in [-0.3, -0.25) is 4.79 Å². The van der Waals surface area contributed by atoms with E-state index in [2.05, 4.69) is 10.6 Å². The summed E-state index contributed by atoms with van der Waals surface area (Å²) in [5.41, 5.74) is 1.62. The van der Waals surface area contributed by atoms with Crippen molar-refractivity contribution < 1.29 is 9.59 Å². The van der Waals surface area contributed by atoms with Crippen molar-refractivity contribution in [2.75, 3.05) is 11.9 Å². The summed E-state index contributed by atoms with van der Waals surface area (Å²) in [6.07, 6.45) is 0.299. The normalized spacial score (nSPS) is 18.1. The molecule has 1 aliphatic rings. The molecule has 0 bridgehead atoms. The van der Waals surface area contributed by atoms with E-state index < -0.39 is 0 Å². The van der Waals surface area contributed by atoms with Gasteiger partial charge in [0, 0.05) is 13.0 Å². The predicted octanol–water partition coefficient (Wildman–Crippen LogP) is 3.82. The summed E-state index contributed by atoms with van der Waals surface area (Å²) in [5, 5.41) is 6.04. The highest BCUT2D eigenvalue weighted by atomic mass is 35.5. The van der Waals surface area contributed by atoms with Crippen molar-refractivity contribution in [3.63, 3.8) is 0 Å². The summed E-state index contributed by atoms with van der Waals surface area (Å²) in [6, 6.07) is 16.3. The monoisotopic (exact) mass is 357 g/mol. The molecule has 2 aromatic rings. The van der Waals surface area contributed by atoms with Gasteiger partial charge in [0.1, 0.15) is 0 Å². The minimum Gasteiger partial charge on any atom is -0.334 e. The van der Waals surface area contributed by atoms with Crippen LogP contribution in [0.4, 0.5) is 10.5 Å². The molecule has 3 amide bonds. The van der Waals surface area contributed by atoms with Gasteiger partial charge in [-0.25, -0.2) is 4.79 Å². The van der Waals surface area contributed by atoms with Gasteiger partial charge in [-0.15, -0.1) is 0 Å². The number of halogens is 1. The van der Waals surface area contributed by atoms with Crippen LogP contribution in [0.25, 0.3) is 0 Å². The van der Waals surface area contributed by atoms with Gasteiger partial charge >= 0.3 is 6.03 Å². The smallest absolute Gasteiger partial charge is 0.319 e. The third kappa shape index (κ3) is 4.12. The molecule has 1 fully saturated rings. The number of nitrogens with one attached hydrogen (secondary N) is 2. The maximum atomic E-state index is 12.3. The lowest BCUT2D eigenvalue weighted by Gasteiger charge is -2.25. The number of carbonyl (C=O) groups is 2. The Kier molecular flexibility index (Phi) is 5.24.